The van der Waals surface area contributed by atoms with E-state index in [2.05, 4.69) is 15.5 Å². The van der Waals surface area contributed by atoms with Gasteiger partial charge in [0.1, 0.15) is 18.4 Å². The van der Waals surface area contributed by atoms with Gasteiger partial charge in [0.25, 0.3) is 5.91 Å². The maximum Gasteiger partial charge on any atom is 0.262 e. The van der Waals surface area contributed by atoms with Crippen LogP contribution >= 0.6 is 0 Å². The zero-order chi connectivity index (χ0) is 18.4. The number of nitrogens with zero attached hydrogens (tertiary/aromatic N) is 3. The lowest BCUT2D eigenvalue weighted by atomic mass is 10.2. The van der Waals surface area contributed by atoms with E-state index in [0.29, 0.717) is 18.0 Å². The van der Waals surface area contributed by atoms with E-state index in [9.17, 15) is 4.79 Å². The molecule has 0 unspecified atom stereocenters. The molecule has 1 amide bonds. The van der Waals surface area contributed by atoms with Crippen LogP contribution in [0, 0.1) is 6.92 Å². The average Bonchev–Trinajstić information content (AvgIpc) is 3.16. The Bertz CT molecular complexity index is 878. The van der Waals surface area contributed by atoms with Crippen molar-refractivity contribution in [3.8, 4) is 11.4 Å². The van der Waals surface area contributed by atoms with Crippen LogP contribution in [0.5, 0.6) is 5.75 Å². The number of amides is 1. The number of aromatic nitrogens is 3. The molecule has 1 N–H and O–H groups in total. The molecule has 3 aromatic rings. The molecule has 0 saturated heterocycles. The van der Waals surface area contributed by atoms with Gasteiger partial charge in [-0.15, -0.1) is 10.2 Å². The van der Waals surface area contributed by atoms with Crippen LogP contribution in [-0.4, -0.2) is 34.4 Å². The molecule has 134 valence electrons. The summed E-state index contributed by atoms with van der Waals surface area (Å²) in [6, 6.07) is 13.2. The van der Waals surface area contributed by atoms with Crippen molar-refractivity contribution in [3.05, 3.63) is 66.2 Å². The molecule has 0 saturated carbocycles. The maximum absolute atomic E-state index is 12.2. The van der Waals surface area contributed by atoms with Gasteiger partial charge in [0, 0.05) is 12.8 Å². The number of carbonyl (C=O) groups excluding carboxylic acids is 1. The van der Waals surface area contributed by atoms with Gasteiger partial charge in [0.2, 0.25) is 0 Å². The SMILES string of the molecule is COCc1cccc(NC(=O)COc2ccc(C)cc2-n2cnnc2)c1. The smallest absolute Gasteiger partial charge is 0.262 e. The highest BCUT2D eigenvalue weighted by molar-refractivity contribution is 5.92. The minimum Gasteiger partial charge on any atom is -0.482 e. The Morgan fingerprint density at radius 2 is 1.96 bits per heavy atom. The number of aryl methyl sites for hydroxylation is 1. The van der Waals surface area contributed by atoms with Gasteiger partial charge in [-0.2, -0.15) is 0 Å². The molecule has 0 radical (unpaired) electrons. The summed E-state index contributed by atoms with van der Waals surface area (Å²) in [5.41, 5.74) is 3.54. The Balaban J connectivity index is 1.66. The number of hydrogen-bond acceptors (Lipinski definition) is 5. The quantitative estimate of drug-likeness (QED) is 0.707. The highest BCUT2D eigenvalue weighted by Crippen LogP contribution is 2.24. The lowest BCUT2D eigenvalue weighted by Crippen LogP contribution is -2.20. The van der Waals surface area contributed by atoms with Gasteiger partial charge in [-0.3, -0.25) is 9.36 Å². The topological polar surface area (TPSA) is 78.3 Å². The van der Waals surface area contributed by atoms with Gasteiger partial charge < -0.3 is 14.8 Å². The first-order valence-electron chi connectivity index (χ1n) is 8.12. The van der Waals surface area contributed by atoms with E-state index in [1.54, 1.807) is 24.3 Å². The van der Waals surface area contributed by atoms with E-state index in [0.717, 1.165) is 16.8 Å². The van der Waals surface area contributed by atoms with Crippen LogP contribution < -0.4 is 10.1 Å². The number of ether oxygens (including phenoxy) is 2. The van der Waals surface area contributed by atoms with Gasteiger partial charge in [0.15, 0.2) is 6.61 Å². The van der Waals surface area contributed by atoms with Crippen molar-refractivity contribution >= 4 is 11.6 Å². The fourth-order valence-electron chi connectivity index (χ4n) is 2.52. The summed E-state index contributed by atoms with van der Waals surface area (Å²) < 4.78 is 12.6. The molecule has 0 atom stereocenters. The zero-order valence-electron chi connectivity index (χ0n) is 14.7. The molecular formula is C19H20N4O3. The van der Waals surface area contributed by atoms with Crippen LogP contribution in [0.1, 0.15) is 11.1 Å². The fraction of sp³-hybridized carbons (Fsp3) is 0.211. The second-order valence-electron chi connectivity index (χ2n) is 5.81. The summed E-state index contributed by atoms with van der Waals surface area (Å²) in [5, 5.41) is 10.4. The molecule has 0 bridgehead atoms. The van der Waals surface area contributed by atoms with E-state index in [1.165, 1.54) is 0 Å². The van der Waals surface area contributed by atoms with Gasteiger partial charge in [0.05, 0.1) is 12.3 Å². The van der Waals surface area contributed by atoms with E-state index >= 15 is 0 Å². The van der Waals surface area contributed by atoms with Crippen LogP contribution in [0.15, 0.2) is 55.1 Å². The summed E-state index contributed by atoms with van der Waals surface area (Å²) in [6.45, 7) is 2.37. The normalized spacial score (nSPS) is 10.5. The number of rotatable bonds is 7. The predicted molar refractivity (Wildman–Crippen MR) is 97.4 cm³/mol. The Kier molecular flexibility index (Phi) is 5.60. The minimum absolute atomic E-state index is 0.104. The Morgan fingerprint density at radius 3 is 2.73 bits per heavy atom. The van der Waals surface area contributed by atoms with Crippen molar-refractivity contribution in [2.24, 2.45) is 0 Å². The summed E-state index contributed by atoms with van der Waals surface area (Å²) in [5.74, 6) is 0.341. The van der Waals surface area contributed by atoms with E-state index < -0.39 is 0 Å². The molecule has 7 nitrogen and oxygen atoms in total. The molecular weight excluding hydrogens is 332 g/mol. The highest BCUT2D eigenvalue weighted by Gasteiger charge is 2.10. The largest absolute Gasteiger partial charge is 0.482 e. The maximum atomic E-state index is 12.2. The second kappa shape index (κ2) is 8.26. The molecule has 0 aliphatic carbocycles. The fourth-order valence-corrected chi connectivity index (χ4v) is 2.52. The van der Waals surface area contributed by atoms with Crippen molar-refractivity contribution in [2.45, 2.75) is 13.5 Å². The first kappa shape index (κ1) is 17.6. The summed E-state index contributed by atoms with van der Waals surface area (Å²) in [7, 11) is 1.63. The van der Waals surface area contributed by atoms with Crippen LogP contribution in [0.25, 0.3) is 5.69 Å². The molecule has 26 heavy (non-hydrogen) atoms. The molecule has 0 aliphatic heterocycles. The Morgan fingerprint density at radius 1 is 1.15 bits per heavy atom. The van der Waals surface area contributed by atoms with Gasteiger partial charge in [-0.1, -0.05) is 18.2 Å². The summed E-state index contributed by atoms with van der Waals surface area (Å²) in [4.78, 5) is 12.2. The Hall–Kier alpha value is -3.19. The van der Waals surface area contributed by atoms with E-state index in [-0.39, 0.29) is 12.5 Å². The standard InChI is InChI=1S/C19H20N4O3/c1-14-6-7-18(17(8-14)23-12-20-21-13-23)26-11-19(24)22-16-5-3-4-15(9-16)10-25-2/h3-9,12-13H,10-11H2,1-2H3,(H,22,24). The number of methoxy groups -OCH3 is 1. The number of hydrogen-bond donors (Lipinski definition) is 1. The highest BCUT2D eigenvalue weighted by atomic mass is 16.5. The van der Waals surface area contributed by atoms with Crippen LogP contribution in [-0.2, 0) is 16.1 Å². The molecule has 0 fully saturated rings. The Labute approximate surface area is 151 Å². The third kappa shape index (κ3) is 4.46. The third-order valence-corrected chi connectivity index (χ3v) is 3.69. The first-order chi connectivity index (χ1) is 12.7. The van der Waals surface area contributed by atoms with Crippen molar-refractivity contribution in [3.63, 3.8) is 0 Å². The molecule has 7 heteroatoms. The monoisotopic (exact) mass is 352 g/mol. The summed E-state index contributed by atoms with van der Waals surface area (Å²) >= 11 is 0. The van der Waals surface area contributed by atoms with Crippen LogP contribution in [0.3, 0.4) is 0 Å². The molecule has 3 rings (SSSR count). The van der Waals surface area contributed by atoms with Crippen LogP contribution in [0.4, 0.5) is 5.69 Å². The average molecular weight is 352 g/mol. The number of benzene rings is 2. The minimum atomic E-state index is -0.241. The molecule has 0 aliphatic rings. The lowest BCUT2D eigenvalue weighted by Gasteiger charge is -2.13. The van der Waals surface area contributed by atoms with E-state index in [1.807, 2.05) is 49.4 Å². The lowest BCUT2D eigenvalue weighted by molar-refractivity contribution is -0.118. The van der Waals surface area contributed by atoms with E-state index in [4.69, 9.17) is 9.47 Å². The van der Waals surface area contributed by atoms with Crippen LogP contribution in [0.2, 0.25) is 0 Å². The van der Waals surface area contributed by atoms with Gasteiger partial charge in [-0.05, 0) is 42.3 Å². The van der Waals surface area contributed by atoms with Crippen molar-refractivity contribution in [1.82, 2.24) is 14.8 Å². The first-order valence-corrected chi connectivity index (χ1v) is 8.12. The zero-order valence-corrected chi connectivity index (χ0v) is 14.7. The molecule has 1 aromatic heterocycles. The number of anilines is 1. The second-order valence-corrected chi connectivity index (χ2v) is 5.81. The third-order valence-electron chi connectivity index (χ3n) is 3.69. The molecule has 1 heterocycles. The molecule has 0 spiro atoms. The number of carbonyl (C=O) groups is 1. The predicted octanol–water partition coefficient (Wildman–Crippen LogP) is 2.74. The van der Waals surface area contributed by atoms with Gasteiger partial charge >= 0.3 is 0 Å². The summed E-state index contributed by atoms with van der Waals surface area (Å²) in [6.07, 6.45) is 3.17. The van der Waals surface area contributed by atoms with Crippen molar-refractivity contribution in [1.29, 1.82) is 0 Å². The number of nitrogens with one attached hydrogen (secondary N) is 1. The van der Waals surface area contributed by atoms with Crippen molar-refractivity contribution in [2.75, 3.05) is 19.0 Å². The molecule has 2 aromatic carbocycles. The van der Waals surface area contributed by atoms with Crippen molar-refractivity contribution < 1.29 is 14.3 Å². The van der Waals surface area contributed by atoms with Gasteiger partial charge in [-0.25, -0.2) is 0 Å².